The van der Waals surface area contributed by atoms with Crippen molar-refractivity contribution < 1.29 is 61.7 Å². The van der Waals surface area contributed by atoms with Crippen molar-refractivity contribution in [1.82, 2.24) is 0 Å². The molecule has 20 atom stereocenters. The minimum Gasteiger partial charge on any atom is -0.457 e. The zero-order chi connectivity index (χ0) is 44.5. The second-order valence-corrected chi connectivity index (χ2v) is 18.0. The first-order valence-electron chi connectivity index (χ1n) is 22.9. The fourth-order valence-corrected chi connectivity index (χ4v) is 9.54. The van der Waals surface area contributed by atoms with Crippen LogP contribution in [0.4, 0.5) is 0 Å². The summed E-state index contributed by atoms with van der Waals surface area (Å²) in [5.74, 6) is -1.02. The molecule has 4 heterocycles. The van der Waals surface area contributed by atoms with Crippen LogP contribution >= 0.6 is 0 Å². The first-order valence-corrected chi connectivity index (χ1v) is 22.9. The van der Waals surface area contributed by atoms with Crippen molar-refractivity contribution in [2.45, 2.75) is 189 Å². The molecule has 346 valence electrons. The Hall–Kier alpha value is -2.46. The molecule has 0 aliphatic carbocycles. The van der Waals surface area contributed by atoms with E-state index in [2.05, 4.69) is 68.9 Å². The molecular formula is C48H76O13. The average Bonchev–Trinajstić information content (AvgIpc) is 3.24. The summed E-state index contributed by atoms with van der Waals surface area (Å²) in [5, 5.41) is 0. The number of rotatable bonds is 18. The van der Waals surface area contributed by atoms with Gasteiger partial charge in [0.05, 0.1) is 56.4 Å². The number of benzene rings is 1. The molecular weight excluding hydrogens is 785 g/mol. The fraction of sp³-hybridized carbons (Fsp3) is 0.792. The molecule has 8 unspecified atom stereocenters. The molecule has 0 bridgehead atoms. The Labute approximate surface area is 365 Å². The van der Waals surface area contributed by atoms with Crippen LogP contribution in [0.3, 0.4) is 0 Å². The Morgan fingerprint density at radius 1 is 0.541 bits per heavy atom. The summed E-state index contributed by atoms with van der Waals surface area (Å²) in [6.07, 6.45) is -3.50. The molecule has 0 spiro atoms. The molecule has 5 rings (SSSR count). The van der Waals surface area contributed by atoms with Gasteiger partial charge in [0.2, 0.25) is 0 Å². The highest BCUT2D eigenvalue weighted by Gasteiger charge is 2.54. The molecule has 0 aromatic heterocycles. The second kappa shape index (κ2) is 22.9. The van der Waals surface area contributed by atoms with Crippen LogP contribution in [0.25, 0.3) is 0 Å². The molecule has 13 nitrogen and oxygen atoms in total. The van der Waals surface area contributed by atoms with E-state index in [1.165, 1.54) is 13.8 Å². The van der Waals surface area contributed by atoms with Crippen LogP contribution in [0.1, 0.15) is 108 Å². The van der Waals surface area contributed by atoms with Crippen molar-refractivity contribution in [1.29, 1.82) is 0 Å². The molecule has 4 saturated heterocycles. The number of carbonyl (C=O) groups is 2. The number of esters is 2. The maximum absolute atomic E-state index is 12.6. The highest BCUT2D eigenvalue weighted by atomic mass is 16.8. The Morgan fingerprint density at radius 3 is 1.59 bits per heavy atom. The van der Waals surface area contributed by atoms with Crippen LogP contribution in [0.15, 0.2) is 43.0 Å². The maximum Gasteiger partial charge on any atom is 0.303 e. The summed E-state index contributed by atoms with van der Waals surface area (Å²) in [4.78, 5) is 25.0. The summed E-state index contributed by atoms with van der Waals surface area (Å²) in [5.41, 5.74) is 0.967. The SMILES string of the molecule is C=CCO[C@@H]1OC(CC)[C@@H](O[C@@H]2OC(CO[C@H]3OC(CC)[C@@H](C)[C@@H](C)C3OC(C)=O)[C@@H](C)[C@@H](O[C@H]3O[C@@H](CC)[C@@H](C)C(C)C3OC(C)=O)C2OCc2ccccc2)[C@@H](C)C1C. The molecule has 13 heteroatoms. The third kappa shape index (κ3) is 12.0. The summed E-state index contributed by atoms with van der Waals surface area (Å²) in [6.45, 7) is 28.3. The van der Waals surface area contributed by atoms with Crippen LogP contribution in [-0.2, 0) is 68.3 Å². The Bertz CT molecular complexity index is 1510. The monoisotopic (exact) mass is 861 g/mol. The van der Waals surface area contributed by atoms with Gasteiger partial charge in [-0.25, -0.2) is 0 Å². The van der Waals surface area contributed by atoms with E-state index in [0.29, 0.717) is 13.0 Å². The number of carbonyl (C=O) groups excluding carboxylic acids is 2. The van der Waals surface area contributed by atoms with Crippen LogP contribution in [0.2, 0.25) is 0 Å². The lowest BCUT2D eigenvalue weighted by Crippen LogP contribution is -2.63. The lowest BCUT2D eigenvalue weighted by Gasteiger charge is -2.51. The molecule has 0 saturated carbocycles. The largest absolute Gasteiger partial charge is 0.457 e. The van der Waals surface area contributed by atoms with Gasteiger partial charge in [-0.2, -0.15) is 0 Å². The summed E-state index contributed by atoms with van der Waals surface area (Å²) in [6, 6.07) is 9.93. The molecule has 0 N–H and O–H groups in total. The van der Waals surface area contributed by atoms with Crippen molar-refractivity contribution in [3.8, 4) is 0 Å². The second-order valence-electron chi connectivity index (χ2n) is 18.0. The van der Waals surface area contributed by atoms with Gasteiger partial charge in [0.15, 0.2) is 37.4 Å². The van der Waals surface area contributed by atoms with E-state index in [1.54, 1.807) is 6.08 Å². The third-order valence-corrected chi connectivity index (χ3v) is 14.0. The molecule has 61 heavy (non-hydrogen) atoms. The first kappa shape index (κ1) is 49.6. The predicted octanol–water partition coefficient (Wildman–Crippen LogP) is 8.01. The van der Waals surface area contributed by atoms with E-state index in [4.69, 9.17) is 52.1 Å². The van der Waals surface area contributed by atoms with E-state index in [0.717, 1.165) is 18.4 Å². The highest BCUT2D eigenvalue weighted by molar-refractivity contribution is 5.66. The normalized spacial score (nSPS) is 41.8. The summed E-state index contributed by atoms with van der Waals surface area (Å²) >= 11 is 0. The van der Waals surface area contributed by atoms with Crippen LogP contribution in [0, 0.1) is 41.4 Å². The number of hydrogen-bond acceptors (Lipinski definition) is 13. The Morgan fingerprint density at radius 2 is 1.03 bits per heavy atom. The van der Waals surface area contributed by atoms with Gasteiger partial charge in [0.25, 0.3) is 0 Å². The topological polar surface area (TPSA) is 136 Å². The average molecular weight is 861 g/mol. The molecule has 0 amide bonds. The van der Waals surface area contributed by atoms with Gasteiger partial charge >= 0.3 is 11.9 Å². The summed E-state index contributed by atoms with van der Waals surface area (Å²) in [7, 11) is 0. The van der Waals surface area contributed by atoms with Gasteiger partial charge in [0, 0.05) is 37.5 Å². The molecule has 4 aliphatic rings. The van der Waals surface area contributed by atoms with Crippen molar-refractivity contribution >= 4 is 11.9 Å². The van der Waals surface area contributed by atoms with E-state index in [-0.39, 0.29) is 73.0 Å². The Balaban J connectivity index is 1.53. The van der Waals surface area contributed by atoms with Crippen LogP contribution < -0.4 is 0 Å². The van der Waals surface area contributed by atoms with Gasteiger partial charge in [-0.1, -0.05) is 106 Å². The number of hydrogen-bond donors (Lipinski definition) is 0. The van der Waals surface area contributed by atoms with Crippen molar-refractivity contribution in [3.63, 3.8) is 0 Å². The van der Waals surface area contributed by atoms with E-state index < -0.39 is 73.7 Å². The van der Waals surface area contributed by atoms with Crippen molar-refractivity contribution in [2.75, 3.05) is 13.2 Å². The van der Waals surface area contributed by atoms with Crippen molar-refractivity contribution in [3.05, 3.63) is 48.6 Å². The number of ether oxygens (including phenoxy) is 11. The smallest absolute Gasteiger partial charge is 0.303 e. The minimum atomic E-state index is -0.964. The zero-order valence-electron chi connectivity index (χ0n) is 38.8. The van der Waals surface area contributed by atoms with Gasteiger partial charge in [0.1, 0.15) is 6.10 Å². The molecule has 4 fully saturated rings. The van der Waals surface area contributed by atoms with Crippen molar-refractivity contribution in [2.24, 2.45) is 41.4 Å². The molecule has 4 aliphatic heterocycles. The van der Waals surface area contributed by atoms with Gasteiger partial charge < -0.3 is 52.1 Å². The predicted molar refractivity (Wildman–Crippen MR) is 228 cm³/mol. The highest BCUT2D eigenvalue weighted by Crippen LogP contribution is 2.42. The Kier molecular flexibility index (Phi) is 18.6. The van der Waals surface area contributed by atoms with Gasteiger partial charge in [-0.3, -0.25) is 9.59 Å². The van der Waals surface area contributed by atoms with Gasteiger partial charge in [-0.15, -0.1) is 6.58 Å². The zero-order valence-corrected chi connectivity index (χ0v) is 38.8. The minimum absolute atomic E-state index is 0.00226. The van der Waals surface area contributed by atoms with E-state index in [1.807, 2.05) is 37.3 Å². The summed E-state index contributed by atoms with van der Waals surface area (Å²) < 4.78 is 72.6. The van der Waals surface area contributed by atoms with E-state index >= 15 is 0 Å². The standard InChI is InChI=1S/C48H76O13/c1-14-23-51-45-31(10)30(9)40(38(17-4)58-45)60-48-44(52-24-35-21-19-18-20-22-35)41(61-47-43(55-34(13)50)29(8)27(6)37(16-3)57-47)32(11)39(59-48)25-53-46-42(54-33(12)49)28(7)26(5)36(15-2)56-46/h14,18-22,26-32,36-48H,1,15-17,23-25H2,2-13H3/t26-,27-,28+,29?,30-,31?,32+,36?,37-,38?,39?,40-,41+,42?,43?,44?,45+,46-,47+,48-/m0/s1. The first-order chi connectivity index (χ1) is 29.1. The molecule has 1 aromatic carbocycles. The third-order valence-electron chi connectivity index (χ3n) is 14.0. The quantitative estimate of drug-likeness (QED) is 0.104. The lowest BCUT2D eigenvalue weighted by molar-refractivity contribution is -0.373. The van der Waals surface area contributed by atoms with Crippen LogP contribution in [-0.4, -0.2) is 105 Å². The fourth-order valence-electron chi connectivity index (χ4n) is 9.54. The lowest BCUT2D eigenvalue weighted by atomic mass is 9.82. The van der Waals surface area contributed by atoms with Crippen LogP contribution in [0.5, 0.6) is 0 Å². The maximum atomic E-state index is 12.6. The molecule has 0 radical (unpaired) electrons. The molecule has 1 aromatic rings. The van der Waals surface area contributed by atoms with E-state index in [9.17, 15) is 9.59 Å². The van der Waals surface area contributed by atoms with Gasteiger partial charge in [-0.05, 0) is 42.6 Å².